The number of likely N-dealkylation sites (tertiary alicyclic amines) is 1. The lowest BCUT2D eigenvalue weighted by atomic mass is 9.75. The van der Waals surface area contributed by atoms with E-state index in [0.717, 1.165) is 17.2 Å². The first kappa shape index (κ1) is 13.3. The molecule has 2 aliphatic heterocycles. The molecule has 0 aromatic carbocycles. The lowest BCUT2D eigenvalue weighted by Crippen LogP contribution is -2.57. The van der Waals surface area contributed by atoms with Crippen LogP contribution in [0.15, 0.2) is 0 Å². The van der Waals surface area contributed by atoms with Crippen LogP contribution in [-0.2, 0) is 0 Å². The predicted octanol–water partition coefficient (Wildman–Crippen LogP) is 2.87. The third-order valence-corrected chi connectivity index (χ3v) is 7.28. The van der Waals surface area contributed by atoms with Crippen LogP contribution in [-0.4, -0.2) is 41.1 Å². The van der Waals surface area contributed by atoms with Gasteiger partial charge >= 0.3 is 0 Å². The van der Waals surface area contributed by atoms with Crippen molar-refractivity contribution in [1.29, 1.82) is 0 Å². The molecule has 2 unspecified atom stereocenters. The molecule has 0 amide bonds. The smallest absolute Gasteiger partial charge is 0.0432 e. The third kappa shape index (κ3) is 2.23. The highest BCUT2D eigenvalue weighted by Crippen LogP contribution is 2.48. The maximum Gasteiger partial charge on any atom is 0.0432 e. The number of nitrogens with two attached hydrogens (primary N) is 1. The van der Waals surface area contributed by atoms with Crippen molar-refractivity contribution < 1.29 is 0 Å². The summed E-state index contributed by atoms with van der Waals surface area (Å²) in [6, 6.07) is 0. The number of thioether (sulfide) groups is 1. The zero-order valence-electron chi connectivity index (χ0n) is 11.8. The van der Waals surface area contributed by atoms with Gasteiger partial charge in [-0.3, -0.25) is 4.90 Å². The van der Waals surface area contributed by atoms with E-state index in [1.807, 2.05) is 0 Å². The van der Waals surface area contributed by atoms with Crippen LogP contribution in [0.3, 0.4) is 0 Å². The zero-order valence-corrected chi connectivity index (χ0v) is 12.6. The van der Waals surface area contributed by atoms with Crippen molar-refractivity contribution in [1.82, 2.24) is 4.90 Å². The van der Waals surface area contributed by atoms with E-state index in [1.54, 1.807) is 0 Å². The summed E-state index contributed by atoms with van der Waals surface area (Å²) >= 11 is 2.12. The first-order chi connectivity index (χ1) is 8.68. The second-order valence-corrected chi connectivity index (χ2v) is 8.38. The maximum absolute atomic E-state index is 6.15. The normalized spacial score (nSPS) is 40.7. The Morgan fingerprint density at radius 1 is 1.17 bits per heavy atom. The summed E-state index contributed by atoms with van der Waals surface area (Å²) in [5.41, 5.74) is 7.23. The second-order valence-electron chi connectivity index (χ2n) is 6.95. The third-order valence-electron chi connectivity index (χ3n) is 5.84. The van der Waals surface area contributed by atoms with Crippen LogP contribution in [0.1, 0.15) is 51.9 Å². The maximum atomic E-state index is 6.15. The summed E-state index contributed by atoms with van der Waals surface area (Å²) in [6.45, 7) is 5.84. The fraction of sp³-hybridized carbons (Fsp3) is 1.00. The summed E-state index contributed by atoms with van der Waals surface area (Å²) in [5.74, 6) is 1.26. The molecule has 18 heavy (non-hydrogen) atoms. The van der Waals surface area contributed by atoms with E-state index >= 15 is 0 Å². The molecule has 1 aliphatic carbocycles. The Labute approximate surface area is 116 Å². The number of rotatable bonds is 2. The van der Waals surface area contributed by atoms with Crippen LogP contribution in [0.5, 0.6) is 0 Å². The molecule has 2 nitrogen and oxygen atoms in total. The van der Waals surface area contributed by atoms with Gasteiger partial charge < -0.3 is 5.73 Å². The van der Waals surface area contributed by atoms with Crippen molar-refractivity contribution in [2.45, 2.75) is 62.7 Å². The monoisotopic (exact) mass is 268 g/mol. The summed E-state index contributed by atoms with van der Waals surface area (Å²) < 4.78 is 0. The highest BCUT2D eigenvalue weighted by molar-refractivity contribution is 8.00. The van der Waals surface area contributed by atoms with E-state index in [9.17, 15) is 0 Å². The lowest BCUT2D eigenvalue weighted by molar-refractivity contribution is 0.0331. The molecule has 1 saturated carbocycles. The molecule has 0 bridgehead atoms. The van der Waals surface area contributed by atoms with Gasteiger partial charge in [-0.1, -0.05) is 19.8 Å². The van der Waals surface area contributed by atoms with Gasteiger partial charge in [0.2, 0.25) is 0 Å². The van der Waals surface area contributed by atoms with Crippen LogP contribution in [0.4, 0.5) is 0 Å². The molecule has 0 radical (unpaired) electrons. The van der Waals surface area contributed by atoms with E-state index < -0.39 is 0 Å². The van der Waals surface area contributed by atoms with Gasteiger partial charge in [0.25, 0.3) is 0 Å². The van der Waals surface area contributed by atoms with Gasteiger partial charge in [-0.2, -0.15) is 11.8 Å². The minimum atomic E-state index is 0.338. The van der Waals surface area contributed by atoms with Gasteiger partial charge in [-0.05, 0) is 50.6 Å². The molecule has 2 heterocycles. The number of hydrogen-bond acceptors (Lipinski definition) is 3. The lowest BCUT2D eigenvalue weighted by Gasteiger charge is -2.47. The van der Waals surface area contributed by atoms with Gasteiger partial charge in [0.1, 0.15) is 0 Å². The Kier molecular flexibility index (Phi) is 3.68. The molecular formula is C15H28N2S. The van der Waals surface area contributed by atoms with Crippen LogP contribution in [0.2, 0.25) is 0 Å². The molecule has 2 atom stereocenters. The largest absolute Gasteiger partial charge is 0.329 e. The van der Waals surface area contributed by atoms with Crippen LogP contribution in [0, 0.1) is 5.41 Å². The molecule has 2 N–H and O–H groups in total. The Bertz CT molecular complexity index is 291. The summed E-state index contributed by atoms with van der Waals surface area (Å²) in [4.78, 5) is 2.76. The molecule has 0 aromatic heterocycles. The van der Waals surface area contributed by atoms with Crippen molar-refractivity contribution >= 4 is 11.8 Å². The van der Waals surface area contributed by atoms with Crippen molar-refractivity contribution in [2.24, 2.45) is 11.1 Å². The van der Waals surface area contributed by atoms with E-state index in [-0.39, 0.29) is 0 Å². The molecule has 2 saturated heterocycles. The van der Waals surface area contributed by atoms with Gasteiger partial charge in [0.05, 0.1) is 0 Å². The quantitative estimate of drug-likeness (QED) is 0.835. The van der Waals surface area contributed by atoms with Gasteiger partial charge in [-0.25, -0.2) is 0 Å². The molecule has 3 rings (SSSR count). The standard InChI is InChI=1S/C15H28N2S/c1-13-10-15(11-16,12-18-13)17-8-6-14(7-9-17)4-2-3-5-14/h13H,2-12,16H2,1H3. The van der Waals surface area contributed by atoms with Crippen LogP contribution >= 0.6 is 11.8 Å². The Hall–Kier alpha value is 0.270. The Balaban J connectivity index is 1.64. The molecule has 0 aromatic rings. The molecule has 3 aliphatic rings. The molecule has 3 heteroatoms. The zero-order chi connectivity index (χ0) is 12.6. The highest BCUT2D eigenvalue weighted by atomic mass is 32.2. The average Bonchev–Trinajstić information content (AvgIpc) is 2.99. The molecule has 3 fully saturated rings. The Morgan fingerprint density at radius 3 is 2.33 bits per heavy atom. The SMILES string of the molecule is CC1CC(CN)(N2CCC3(CCCC3)CC2)CS1. The highest BCUT2D eigenvalue weighted by Gasteiger charge is 2.46. The predicted molar refractivity (Wildman–Crippen MR) is 80.0 cm³/mol. The van der Waals surface area contributed by atoms with E-state index in [1.165, 1.54) is 63.8 Å². The second kappa shape index (κ2) is 4.99. The van der Waals surface area contributed by atoms with Crippen molar-refractivity contribution in [3.8, 4) is 0 Å². The topological polar surface area (TPSA) is 29.3 Å². The first-order valence-electron chi connectivity index (χ1n) is 7.75. The number of piperidine rings is 1. The van der Waals surface area contributed by atoms with Gasteiger partial charge in [0, 0.05) is 23.1 Å². The first-order valence-corrected chi connectivity index (χ1v) is 8.80. The summed E-state index contributed by atoms with van der Waals surface area (Å²) in [5, 5.41) is 0.802. The van der Waals surface area contributed by atoms with Crippen molar-refractivity contribution in [2.75, 3.05) is 25.4 Å². The minimum absolute atomic E-state index is 0.338. The van der Waals surface area contributed by atoms with E-state index in [4.69, 9.17) is 5.73 Å². The molecule has 104 valence electrons. The van der Waals surface area contributed by atoms with Crippen molar-refractivity contribution in [3.05, 3.63) is 0 Å². The van der Waals surface area contributed by atoms with Crippen LogP contribution < -0.4 is 5.73 Å². The average molecular weight is 268 g/mol. The van der Waals surface area contributed by atoms with Gasteiger partial charge in [-0.15, -0.1) is 0 Å². The Morgan fingerprint density at radius 2 is 1.83 bits per heavy atom. The van der Waals surface area contributed by atoms with Crippen LogP contribution in [0.25, 0.3) is 0 Å². The minimum Gasteiger partial charge on any atom is -0.329 e. The van der Waals surface area contributed by atoms with E-state index in [0.29, 0.717) is 5.54 Å². The molecular weight excluding hydrogens is 240 g/mol. The fourth-order valence-electron chi connectivity index (χ4n) is 4.52. The van der Waals surface area contributed by atoms with Crippen molar-refractivity contribution in [3.63, 3.8) is 0 Å². The van der Waals surface area contributed by atoms with Gasteiger partial charge in [0.15, 0.2) is 0 Å². The number of hydrogen-bond donors (Lipinski definition) is 1. The fourth-order valence-corrected chi connectivity index (χ4v) is 5.96. The number of nitrogens with zero attached hydrogens (tertiary/aromatic N) is 1. The summed E-state index contributed by atoms with van der Waals surface area (Å²) in [7, 11) is 0. The molecule has 1 spiro atoms. The summed E-state index contributed by atoms with van der Waals surface area (Å²) in [6.07, 6.45) is 10.1. The van der Waals surface area contributed by atoms with E-state index in [2.05, 4.69) is 23.6 Å².